The van der Waals surface area contributed by atoms with Crippen LogP contribution in [0.1, 0.15) is 17.3 Å². The van der Waals surface area contributed by atoms with E-state index in [4.69, 9.17) is 16.3 Å². The van der Waals surface area contributed by atoms with Gasteiger partial charge >= 0.3 is 0 Å². The number of carbonyl (C=O) groups is 1. The molecule has 34 heavy (non-hydrogen) atoms. The van der Waals surface area contributed by atoms with Crippen LogP contribution in [0.4, 0.5) is 17.1 Å². The van der Waals surface area contributed by atoms with Crippen molar-refractivity contribution in [3.63, 3.8) is 0 Å². The van der Waals surface area contributed by atoms with E-state index < -0.39 is 26.0 Å². The van der Waals surface area contributed by atoms with Gasteiger partial charge in [-0.3, -0.25) is 14.2 Å². The van der Waals surface area contributed by atoms with Crippen LogP contribution >= 0.6 is 11.6 Å². The smallest absolute Gasteiger partial charge is 0.261 e. The van der Waals surface area contributed by atoms with Gasteiger partial charge in [-0.25, -0.2) is 16.8 Å². The van der Waals surface area contributed by atoms with Gasteiger partial charge in [0, 0.05) is 17.1 Å². The van der Waals surface area contributed by atoms with Gasteiger partial charge in [-0.1, -0.05) is 11.6 Å². The molecule has 9 nitrogen and oxygen atoms in total. The first-order valence-electron chi connectivity index (χ1n) is 9.91. The maximum atomic E-state index is 12.6. The summed E-state index contributed by atoms with van der Waals surface area (Å²) >= 11 is 6.12. The molecule has 0 aromatic heterocycles. The molecule has 0 radical (unpaired) electrons. The van der Waals surface area contributed by atoms with Gasteiger partial charge in [-0.05, 0) is 73.7 Å². The van der Waals surface area contributed by atoms with E-state index in [-0.39, 0.29) is 21.2 Å². The van der Waals surface area contributed by atoms with Crippen LogP contribution in [0.15, 0.2) is 71.6 Å². The topological polar surface area (TPSA) is 131 Å². The summed E-state index contributed by atoms with van der Waals surface area (Å²) in [6.45, 7) is 2.36. The minimum atomic E-state index is -3.84. The number of carbonyl (C=O) groups excluding carboxylic acids is 1. The highest BCUT2D eigenvalue weighted by Crippen LogP contribution is 2.24. The predicted molar refractivity (Wildman–Crippen MR) is 133 cm³/mol. The Morgan fingerprint density at radius 1 is 0.853 bits per heavy atom. The number of nitrogens with one attached hydrogen (secondary N) is 3. The summed E-state index contributed by atoms with van der Waals surface area (Å²) in [5.74, 6) is 0.0889. The summed E-state index contributed by atoms with van der Waals surface area (Å²) in [5.41, 5.74) is 1.07. The fourth-order valence-electron chi connectivity index (χ4n) is 2.89. The zero-order valence-corrected chi connectivity index (χ0v) is 20.6. The Balaban J connectivity index is 1.68. The lowest BCUT2D eigenvalue weighted by atomic mass is 10.2. The third-order valence-electron chi connectivity index (χ3n) is 4.36. The molecule has 0 aliphatic carbocycles. The fraction of sp³-hybridized carbons (Fsp3) is 0.136. The lowest BCUT2D eigenvalue weighted by molar-refractivity contribution is 0.102. The molecule has 0 aliphatic rings. The first kappa shape index (κ1) is 25.3. The van der Waals surface area contributed by atoms with Gasteiger partial charge in [0.25, 0.3) is 15.9 Å². The summed E-state index contributed by atoms with van der Waals surface area (Å²) in [5, 5.41) is 2.67. The lowest BCUT2D eigenvalue weighted by Gasteiger charge is -2.11. The highest BCUT2D eigenvalue weighted by atomic mass is 35.5. The minimum Gasteiger partial charge on any atom is -0.494 e. The zero-order chi connectivity index (χ0) is 24.9. The van der Waals surface area contributed by atoms with Crippen molar-refractivity contribution < 1.29 is 26.4 Å². The van der Waals surface area contributed by atoms with Crippen LogP contribution in [0.2, 0.25) is 5.02 Å². The van der Waals surface area contributed by atoms with Crippen LogP contribution in [-0.2, 0) is 20.0 Å². The molecule has 0 spiro atoms. The molecular weight excluding hydrogens is 502 g/mol. The number of hydrogen-bond acceptors (Lipinski definition) is 6. The van der Waals surface area contributed by atoms with Crippen LogP contribution in [0.5, 0.6) is 5.75 Å². The number of benzene rings is 3. The van der Waals surface area contributed by atoms with Gasteiger partial charge in [-0.2, -0.15) is 0 Å². The van der Waals surface area contributed by atoms with Crippen molar-refractivity contribution in [2.45, 2.75) is 11.8 Å². The normalized spacial score (nSPS) is 11.5. The van der Waals surface area contributed by atoms with E-state index in [1.165, 1.54) is 42.5 Å². The number of amides is 1. The van der Waals surface area contributed by atoms with Gasteiger partial charge in [0.2, 0.25) is 10.0 Å². The monoisotopic (exact) mass is 523 g/mol. The second kappa shape index (κ2) is 10.3. The van der Waals surface area contributed by atoms with E-state index in [0.717, 1.165) is 6.26 Å². The predicted octanol–water partition coefficient (Wildman–Crippen LogP) is 4.16. The van der Waals surface area contributed by atoms with Crippen LogP contribution < -0.4 is 19.5 Å². The Hall–Kier alpha value is -3.28. The number of rotatable bonds is 9. The summed E-state index contributed by atoms with van der Waals surface area (Å²) < 4.78 is 58.0. The highest BCUT2D eigenvalue weighted by Gasteiger charge is 2.16. The number of anilines is 3. The first-order chi connectivity index (χ1) is 16.0. The van der Waals surface area contributed by atoms with Gasteiger partial charge in [-0.15, -0.1) is 0 Å². The standard InChI is InChI=1S/C22H22ClN3O6S2/c1-3-32-18-9-4-16(5-10-18)26-34(30,31)19-11-6-15(7-12-19)24-22(27)20-13-8-17(14-21(20)23)25-33(2,28)29/h4-14,25-26H,3H2,1-2H3,(H,24,27). The summed E-state index contributed by atoms with van der Waals surface area (Å²) in [6.07, 6.45) is 0.999. The average molecular weight is 524 g/mol. The molecule has 3 aromatic rings. The Morgan fingerprint density at radius 2 is 1.44 bits per heavy atom. The fourth-order valence-corrected chi connectivity index (χ4v) is 4.77. The van der Waals surface area contributed by atoms with E-state index in [2.05, 4.69) is 14.8 Å². The van der Waals surface area contributed by atoms with Crippen LogP contribution in [0, 0.1) is 0 Å². The third kappa shape index (κ3) is 6.86. The van der Waals surface area contributed by atoms with Gasteiger partial charge in [0.1, 0.15) is 5.75 Å². The van der Waals surface area contributed by atoms with Gasteiger partial charge in [0.05, 0.1) is 28.3 Å². The van der Waals surface area contributed by atoms with Crippen LogP contribution in [0.3, 0.4) is 0 Å². The maximum absolute atomic E-state index is 12.6. The summed E-state index contributed by atoms with van der Waals surface area (Å²) in [6, 6.07) is 16.2. The third-order valence-corrected chi connectivity index (χ3v) is 6.67. The summed E-state index contributed by atoms with van der Waals surface area (Å²) in [4.78, 5) is 12.6. The van der Waals surface area contributed by atoms with E-state index in [0.29, 0.717) is 23.7 Å². The van der Waals surface area contributed by atoms with E-state index in [1.54, 1.807) is 24.3 Å². The van der Waals surface area contributed by atoms with Crippen molar-refractivity contribution in [3.05, 3.63) is 77.3 Å². The SMILES string of the molecule is CCOc1ccc(NS(=O)(=O)c2ccc(NC(=O)c3ccc(NS(C)(=O)=O)cc3Cl)cc2)cc1. The van der Waals surface area contributed by atoms with E-state index in [9.17, 15) is 21.6 Å². The number of hydrogen-bond donors (Lipinski definition) is 3. The van der Waals surface area contributed by atoms with Gasteiger partial charge < -0.3 is 10.1 Å². The molecule has 0 saturated heterocycles. The van der Waals surface area contributed by atoms with Crippen molar-refractivity contribution in [1.29, 1.82) is 0 Å². The maximum Gasteiger partial charge on any atom is 0.261 e. The van der Waals surface area contributed by atoms with Crippen molar-refractivity contribution in [1.82, 2.24) is 0 Å². The highest BCUT2D eigenvalue weighted by molar-refractivity contribution is 7.92. The number of sulfonamides is 2. The Labute approximate surface area is 203 Å². The van der Waals surface area contributed by atoms with E-state index in [1.807, 2.05) is 6.92 Å². The molecule has 12 heteroatoms. The second-order valence-corrected chi connectivity index (χ2v) is 10.9. The second-order valence-electron chi connectivity index (χ2n) is 7.11. The molecule has 0 unspecified atom stereocenters. The van der Waals surface area contributed by atoms with Crippen molar-refractivity contribution in [2.75, 3.05) is 27.6 Å². The molecule has 3 aromatic carbocycles. The average Bonchev–Trinajstić information content (AvgIpc) is 2.74. The lowest BCUT2D eigenvalue weighted by Crippen LogP contribution is -2.15. The Morgan fingerprint density at radius 3 is 2.00 bits per heavy atom. The van der Waals surface area contributed by atoms with Crippen molar-refractivity contribution in [3.8, 4) is 5.75 Å². The zero-order valence-electron chi connectivity index (χ0n) is 18.2. The molecule has 0 saturated carbocycles. The number of ether oxygens (including phenoxy) is 1. The Bertz CT molecular complexity index is 1390. The first-order valence-corrected chi connectivity index (χ1v) is 13.7. The molecule has 0 aliphatic heterocycles. The number of halogens is 1. The largest absolute Gasteiger partial charge is 0.494 e. The quantitative estimate of drug-likeness (QED) is 0.386. The van der Waals surface area contributed by atoms with Crippen LogP contribution in [0.25, 0.3) is 0 Å². The van der Waals surface area contributed by atoms with Gasteiger partial charge in [0.15, 0.2) is 0 Å². The molecule has 3 N–H and O–H groups in total. The minimum absolute atomic E-state index is 0.00798. The van der Waals surface area contributed by atoms with Crippen LogP contribution in [-0.4, -0.2) is 35.6 Å². The molecule has 0 bridgehead atoms. The van der Waals surface area contributed by atoms with Crippen molar-refractivity contribution >= 4 is 54.6 Å². The van der Waals surface area contributed by atoms with Crippen molar-refractivity contribution in [2.24, 2.45) is 0 Å². The molecule has 1 amide bonds. The Kier molecular flexibility index (Phi) is 7.70. The molecule has 3 rings (SSSR count). The molecule has 0 atom stereocenters. The van der Waals surface area contributed by atoms with E-state index >= 15 is 0 Å². The molecule has 0 fully saturated rings. The summed E-state index contributed by atoms with van der Waals surface area (Å²) in [7, 11) is -7.33. The molecule has 180 valence electrons. The molecular formula is C22H22ClN3O6S2. The molecule has 0 heterocycles.